The predicted octanol–water partition coefficient (Wildman–Crippen LogP) is 4.61. The van der Waals surface area contributed by atoms with Gasteiger partial charge in [-0.05, 0) is 72.6 Å². The van der Waals surface area contributed by atoms with Crippen molar-refractivity contribution < 1.29 is 14.7 Å². The van der Waals surface area contributed by atoms with Crippen LogP contribution in [0.25, 0.3) is 0 Å². The van der Waals surface area contributed by atoms with Crippen LogP contribution in [0.2, 0.25) is 5.02 Å². The highest BCUT2D eigenvalue weighted by Crippen LogP contribution is 2.55. The molecule has 2 aromatic rings. The van der Waals surface area contributed by atoms with Crippen molar-refractivity contribution in [3.63, 3.8) is 0 Å². The molecule has 2 aliphatic carbocycles. The Morgan fingerprint density at radius 1 is 1.17 bits per heavy atom. The monoisotopic (exact) mass is 497 g/mol. The van der Waals surface area contributed by atoms with Crippen LogP contribution in [0.4, 0.5) is 0 Å². The smallest absolute Gasteiger partial charge is 0.270 e. The number of aromatic nitrogens is 1. The van der Waals surface area contributed by atoms with E-state index in [0.29, 0.717) is 17.3 Å². The number of fused-ring (bicyclic) bond motifs is 1. The summed E-state index contributed by atoms with van der Waals surface area (Å²) in [5, 5.41) is 18.4. The number of carbonyl (C=O) groups is 2. The van der Waals surface area contributed by atoms with Crippen LogP contribution in [-0.4, -0.2) is 34.1 Å². The van der Waals surface area contributed by atoms with Crippen LogP contribution < -0.4 is 10.6 Å². The second-order valence-corrected chi connectivity index (χ2v) is 11.1. The number of halogens is 1. The van der Waals surface area contributed by atoms with Gasteiger partial charge in [-0.1, -0.05) is 56.6 Å². The summed E-state index contributed by atoms with van der Waals surface area (Å²) in [5.41, 5.74) is 1.27. The molecule has 1 aromatic carbocycles. The minimum absolute atomic E-state index is 0.00264. The zero-order valence-electron chi connectivity index (χ0n) is 20.7. The van der Waals surface area contributed by atoms with Gasteiger partial charge < -0.3 is 15.7 Å². The van der Waals surface area contributed by atoms with Gasteiger partial charge in [0.2, 0.25) is 5.91 Å². The molecule has 6 nitrogen and oxygen atoms in total. The van der Waals surface area contributed by atoms with E-state index in [1.165, 1.54) is 0 Å². The summed E-state index contributed by atoms with van der Waals surface area (Å²) < 4.78 is 0. The van der Waals surface area contributed by atoms with Gasteiger partial charge in [0, 0.05) is 29.7 Å². The van der Waals surface area contributed by atoms with Crippen molar-refractivity contribution in [3.05, 3.63) is 64.9 Å². The van der Waals surface area contributed by atoms with E-state index in [4.69, 9.17) is 11.6 Å². The second-order valence-electron chi connectivity index (χ2n) is 10.7. The van der Waals surface area contributed by atoms with Crippen LogP contribution in [0.5, 0.6) is 0 Å². The van der Waals surface area contributed by atoms with E-state index in [1.54, 1.807) is 24.4 Å². The van der Waals surface area contributed by atoms with Gasteiger partial charge in [-0.15, -0.1) is 0 Å². The maximum absolute atomic E-state index is 13.0. The first kappa shape index (κ1) is 25.6. The van der Waals surface area contributed by atoms with E-state index >= 15 is 0 Å². The number of nitrogens with zero attached hydrogens (tertiary/aromatic N) is 1. The third kappa shape index (κ3) is 5.39. The van der Waals surface area contributed by atoms with Crippen LogP contribution in [0.3, 0.4) is 0 Å². The molecule has 2 aliphatic rings. The van der Waals surface area contributed by atoms with Crippen molar-refractivity contribution in [1.29, 1.82) is 0 Å². The Balaban J connectivity index is 1.43. The molecule has 2 saturated carbocycles. The SMILES string of the molecule is C[C@H]1[C@@H]2[C@@H](O)[C@@H]([C@H](C)C(=O)NCc3ccccc3Cl)CC[C@@]2(C)CC[C@@H]1NC(=O)c1ccccn1. The van der Waals surface area contributed by atoms with Gasteiger partial charge in [0.15, 0.2) is 0 Å². The lowest BCUT2D eigenvalue weighted by Gasteiger charge is -2.56. The normalized spacial score (nSPS) is 31.2. The lowest BCUT2D eigenvalue weighted by atomic mass is 9.51. The van der Waals surface area contributed by atoms with Gasteiger partial charge in [-0.25, -0.2) is 0 Å². The first-order valence-electron chi connectivity index (χ1n) is 12.6. The van der Waals surface area contributed by atoms with Gasteiger partial charge >= 0.3 is 0 Å². The molecule has 188 valence electrons. The number of hydrogen-bond donors (Lipinski definition) is 3. The molecule has 1 heterocycles. The highest BCUT2D eigenvalue weighted by Gasteiger charge is 2.53. The molecule has 0 aliphatic heterocycles. The molecule has 4 rings (SSSR count). The molecule has 35 heavy (non-hydrogen) atoms. The maximum atomic E-state index is 13.0. The molecule has 3 N–H and O–H groups in total. The highest BCUT2D eigenvalue weighted by molar-refractivity contribution is 6.31. The molecule has 1 aromatic heterocycles. The molecule has 0 radical (unpaired) electrons. The van der Waals surface area contributed by atoms with E-state index in [9.17, 15) is 14.7 Å². The van der Waals surface area contributed by atoms with Crippen LogP contribution in [0.1, 0.15) is 62.5 Å². The molecule has 2 amide bonds. The fraction of sp³-hybridized carbons (Fsp3) is 0.536. The molecule has 0 saturated heterocycles. The van der Waals surface area contributed by atoms with Crippen LogP contribution in [0, 0.1) is 29.1 Å². The summed E-state index contributed by atoms with van der Waals surface area (Å²) in [7, 11) is 0. The van der Waals surface area contributed by atoms with Crippen LogP contribution in [0.15, 0.2) is 48.7 Å². The number of hydrogen-bond acceptors (Lipinski definition) is 4. The topological polar surface area (TPSA) is 91.3 Å². The summed E-state index contributed by atoms with van der Waals surface area (Å²) in [5.74, 6) is -0.624. The van der Waals surface area contributed by atoms with Gasteiger partial charge in [0.05, 0.1) is 6.10 Å². The Bertz CT molecular complexity index is 1050. The Hall–Kier alpha value is -2.44. The van der Waals surface area contributed by atoms with Crippen molar-refractivity contribution in [1.82, 2.24) is 15.6 Å². The molecule has 7 atom stereocenters. The number of nitrogens with one attached hydrogen (secondary N) is 2. The number of rotatable bonds is 6. The van der Waals surface area contributed by atoms with Crippen molar-refractivity contribution in [2.24, 2.45) is 29.1 Å². The highest BCUT2D eigenvalue weighted by atomic mass is 35.5. The van der Waals surface area contributed by atoms with Gasteiger partial charge in [-0.2, -0.15) is 0 Å². The molecule has 0 bridgehead atoms. The lowest BCUT2D eigenvalue weighted by Crippen LogP contribution is -2.58. The van der Waals surface area contributed by atoms with Crippen molar-refractivity contribution in [3.8, 4) is 0 Å². The second kappa shape index (κ2) is 10.7. The van der Waals surface area contributed by atoms with Crippen molar-refractivity contribution >= 4 is 23.4 Å². The maximum Gasteiger partial charge on any atom is 0.270 e. The summed E-state index contributed by atoms with van der Waals surface area (Å²) in [4.78, 5) is 30.0. The lowest BCUT2D eigenvalue weighted by molar-refractivity contribution is -0.142. The first-order valence-corrected chi connectivity index (χ1v) is 13.0. The molecular formula is C28H36ClN3O3. The third-order valence-corrected chi connectivity index (χ3v) is 8.94. The van der Waals surface area contributed by atoms with Gasteiger partial charge in [0.25, 0.3) is 5.91 Å². The molecular weight excluding hydrogens is 462 g/mol. The fourth-order valence-corrected chi connectivity index (χ4v) is 6.62. The molecule has 7 heteroatoms. The standard InChI is InChI=1S/C28H36ClN3O3/c1-17(26(34)31-16-19-8-4-5-9-21(19)29)20-11-13-28(3)14-12-22(18(2)24(28)25(20)33)32-27(35)23-10-6-7-15-30-23/h4-10,15,17-18,20,22,24-25,33H,11-14,16H2,1-3H3,(H,31,34)(H,32,35)/t17-,18+,20+,22-,24+,25-,28-/m0/s1. The number of carbonyl (C=O) groups excluding carboxylic acids is 2. The van der Waals surface area contributed by atoms with E-state index in [2.05, 4.69) is 29.5 Å². The van der Waals surface area contributed by atoms with E-state index in [0.717, 1.165) is 31.2 Å². The minimum Gasteiger partial charge on any atom is -0.392 e. The van der Waals surface area contributed by atoms with E-state index < -0.39 is 6.10 Å². The summed E-state index contributed by atoms with van der Waals surface area (Å²) in [6.07, 6.45) is 4.59. The molecule has 0 unspecified atom stereocenters. The number of aliphatic hydroxyl groups is 1. The van der Waals surface area contributed by atoms with Crippen molar-refractivity contribution in [2.45, 2.75) is 65.1 Å². The largest absolute Gasteiger partial charge is 0.392 e. The predicted molar refractivity (Wildman–Crippen MR) is 137 cm³/mol. The fourth-order valence-electron chi connectivity index (χ4n) is 6.42. The quantitative estimate of drug-likeness (QED) is 0.543. The molecule has 2 fully saturated rings. The Morgan fingerprint density at radius 2 is 1.89 bits per heavy atom. The average Bonchev–Trinajstić information content (AvgIpc) is 2.85. The molecule has 0 spiro atoms. The summed E-state index contributed by atoms with van der Waals surface area (Å²) in [6.45, 7) is 6.66. The Kier molecular flexibility index (Phi) is 7.82. The zero-order valence-corrected chi connectivity index (χ0v) is 21.5. The summed E-state index contributed by atoms with van der Waals surface area (Å²) in [6, 6.07) is 12.7. The zero-order chi connectivity index (χ0) is 25.2. The Labute approximate surface area is 212 Å². The van der Waals surface area contributed by atoms with E-state index in [1.807, 2.05) is 31.2 Å². The number of benzene rings is 1. The number of pyridine rings is 1. The van der Waals surface area contributed by atoms with Crippen LogP contribution >= 0.6 is 11.6 Å². The average molecular weight is 498 g/mol. The third-order valence-electron chi connectivity index (χ3n) is 8.57. The Morgan fingerprint density at radius 3 is 2.60 bits per heavy atom. The number of amides is 2. The summed E-state index contributed by atoms with van der Waals surface area (Å²) >= 11 is 6.23. The van der Waals surface area contributed by atoms with E-state index in [-0.39, 0.29) is 46.9 Å². The van der Waals surface area contributed by atoms with Gasteiger partial charge in [0.1, 0.15) is 5.69 Å². The first-order chi connectivity index (χ1) is 16.7. The minimum atomic E-state index is -0.612. The van der Waals surface area contributed by atoms with Crippen molar-refractivity contribution in [2.75, 3.05) is 0 Å². The van der Waals surface area contributed by atoms with Crippen LogP contribution in [-0.2, 0) is 11.3 Å². The number of aliphatic hydroxyl groups excluding tert-OH is 1. The van der Waals surface area contributed by atoms with Gasteiger partial charge in [-0.3, -0.25) is 14.6 Å².